The van der Waals surface area contributed by atoms with Crippen LogP contribution in [0.1, 0.15) is 1.43 Å². The maximum Gasteiger partial charge on any atom is 0.161 e. The molecule has 1 heterocycles. The maximum absolute atomic E-state index is 3.38. The van der Waals surface area contributed by atoms with Crippen LogP contribution in [0.4, 0.5) is 0 Å². The Balaban J connectivity index is 0.000000250. The highest BCUT2D eigenvalue weighted by atomic mass is 15.5. The Morgan fingerprint density at radius 1 is 1.80 bits per heavy atom. The highest BCUT2D eigenvalue weighted by molar-refractivity contribution is 4.24. The average Bonchev–Trinajstić information content (AvgIpc) is 1.76. The molecule has 0 unspecified atom stereocenters. The number of aromatic amines is 1. The van der Waals surface area contributed by atoms with Gasteiger partial charge in [-0.1, -0.05) is 5.21 Å². The van der Waals surface area contributed by atoms with E-state index in [1.807, 2.05) is 0 Å². The van der Waals surface area contributed by atoms with Gasteiger partial charge in [-0.05, 0) is 0 Å². The van der Waals surface area contributed by atoms with Crippen LogP contribution in [0, 0.1) is 0 Å². The van der Waals surface area contributed by atoms with Gasteiger partial charge < -0.3 is 0 Å². The predicted molar refractivity (Wildman–Crippen MR) is 16.3 cm³/mol. The van der Waals surface area contributed by atoms with Gasteiger partial charge in [0.05, 0.1) is 0 Å². The molecule has 1 aromatic heterocycles. The molecule has 1 N–H and O–H groups in total. The minimum atomic E-state index is 0. The fourth-order valence-electron chi connectivity index (χ4n) is 0.129. The Kier molecular flexibility index (Phi) is 0.368. The average molecular weight is 72.1 g/mol. The SMILES string of the molecule is [HH].c1nn[nH]n1. The summed E-state index contributed by atoms with van der Waals surface area (Å²) >= 11 is 0. The highest BCUT2D eigenvalue weighted by Crippen LogP contribution is 1.43. The molecule has 0 atom stereocenters. The minimum Gasteiger partial charge on any atom is -0.177 e. The number of hydrogen-bond acceptors (Lipinski definition) is 3. The van der Waals surface area contributed by atoms with E-state index >= 15 is 0 Å². The van der Waals surface area contributed by atoms with Gasteiger partial charge in [-0.25, -0.2) is 0 Å². The van der Waals surface area contributed by atoms with E-state index in [1.165, 1.54) is 6.33 Å². The zero-order chi connectivity index (χ0) is 3.54. The van der Waals surface area contributed by atoms with Crippen LogP contribution < -0.4 is 0 Å². The number of nitrogens with one attached hydrogen (secondary N) is 1. The molecule has 0 aliphatic rings. The number of H-pyrrole nitrogens is 1. The van der Waals surface area contributed by atoms with Crippen molar-refractivity contribution in [3.05, 3.63) is 6.33 Å². The molecule has 0 spiro atoms. The van der Waals surface area contributed by atoms with Gasteiger partial charge in [-0.3, -0.25) is 0 Å². The topological polar surface area (TPSA) is 54.5 Å². The first kappa shape index (κ1) is 2.32. The molecule has 0 aliphatic carbocycles. The van der Waals surface area contributed by atoms with Crippen LogP contribution in [0.5, 0.6) is 0 Å². The zero-order valence-electron chi connectivity index (χ0n) is 2.42. The van der Waals surface area contributed by atoms with Crippen LogP contribution in [0.3, 0.4) is 0 Å². The Hall–Kier alpha value is -0.930. The summed E-state index contributed by atoms with van der Waals surface area (Å²) in [6, 6.07) is 0. The normalized spacial score (nSPS) is 8.00. The summed E-state index contributed by atoms with van der Waals surface area (Å²) in [5.74, 6) is 0. The van der Waals surface area contributed by atoms with Crippen molar-refractivity contribution in [2.75, 3.05) is 0 Å². The zero-order valence-corrected chi connectivity index (χ0v) is 2.42. The van der Waals surface area contributed by atoms with E-state index in [9.17, 15) is 0 Å². The van der Waals surface area contributed by atoms with Crippen molar-refractivity contribution in [3.63, 3.8) is 0 Å². The van der Waals surface area contributed by atoms with E-state index in [1.54, 1.807) is 0 Å². The lowest BCUT2D eigenvalue weighted by Gasteiger charge is -1.44. The van der Waals surface area contributed by atoms with Crippen molar-refractivity contribution in [1.82, 2.24) is 20.6 Å². The summed E-state index contributed by atoms with van der Waals surface area (Å²) in [6.45, 7) is 0. The second kappa shape index (κ2) is 0.794. The Labute approximate surface area is 29.7 Å². The van der Waals surface area contributed by atoms with E-state index < -0.39 is 0 Å². The lowest BCUT2D eigenvalue weighted by Crippen LogP contribution is -1.64. The Morgan fingerprint density at radius 2 is 2.80 bits per heavy atom. The molecule has 0 fully saturated rings. The van der Waals surface area contributed by atoms with Crippen LogP contribution in [0.15, 0.2) is 6.33 Å². The molecule has 4 nitrogen and oxygen atoms in total. The number of hydrogen-bond donors (Lipinski definition) is 1. The lowest BCUT2D eigenvalue weighted by molar-refractivity contribution is 0.881. The first-order chi connectivity index (χ1) is 2.50. The molecular formula is CH4N4. The molecule has 1 rings (SSSR count). The largest absolute Gasteiger partial charge is 0.177 e. The molecule has 0 aliphatic heterocycles. The molecule has 0 aromatic carbocycles. The van der Waals surface area contributed by atoms with Crippen LogP contribution in [0.25, 0.3) is 0 Å². The molecule has 4 heteroatoms. The molecule has 0 amide bonds. The molecule has 0 saturated heterocycles. The van der Waals surface area contributed by atoms with Crippen molar-refractivity contribution < 1.29 is 1.43 Å². The fourth-order valence-corrected chi connectivity index (χ4v) is 0.129. The van der Waals surface area contributed by atoms with Crippen molar-refractivity contribution in [2.45, 2.75) is 0 Å². The highest BCUT2D eigenvalue weighted by Gasteiger charge is 1.58. The third-order valence-electron chi connectivity index (χ3n) is 0.270. The van der Waals surface area contributed by atoms with Gasteiger partial charge in [0.15, 0.2) is 6.33 Å². The molecule has 1 aromatic rings. The van der Waals surface area contributed by atoms with E-state index in [0.717, 1.165) is 0 Å². The summed E-state index contributed by atoms with van der Waals surface area (Å²) in [6.07, 6.45) is 1.33. The standard InChI is InChI=1S/CH2N4.H2/c1-2-4-5-3-1;/h1H,(H,2,3,4,5);1H. The van der Waals surface area contributed by atoms with Gasteiger partial charge >= 0.3 is 0 Å². The Morgan fingerprint density at radius 3 is 3.00 bits per heavy atom. The second-order valence-electron chi connectivity index (χ2n) is 0.560. The van der Waals surface area contributed by atoms with Gasteiger partial charge in [0, 0.05) is 1.43 Å². The molecule has 0 radical (unpaired) electrons. The second-order valence-corrected chi connectivity index (χ2v) is 0.560. The quantitative estimate of drug-likeness (QED) is 0.447. The van der Waals surface area contributed by atoms with Crippen LogP contribution >= 0.6 is 0 Å². The van der Waals surface area contributed by atoms with Gasteiger partial charge in [0.1, 0.15) is 0 Å². The number of nitrogens with zero attached hydrogens (tertiary/aromatic N) is 3. The maximum atomic E-state index is 3.38. The molecular weight excluding hydrogens is 68.0 g/mol. The van der Waals surface area contributed by atoms with Crippen LogP contribution in [0.2, 0.25) is 0 Å². The molecule has 0 saturated carbocycles. The van der Waals surface area contributed by atoms with Crippen molar-refractivity contribution >= 4 is 0 Å². The molecule has 0 bridgehead atoms. The monoisotopic (exact) mass is 72.0 g/mol. The number of aromatic nitrogens is 4. The smallest absolute Gasteiger partial charge is 0.161 e. The number of rotatable bonds is 0. The third kappa shape index (κ3) is 0.212. The summed E-state index contributed by atoms with van der Waals surface area (Å²) in [4.78, 5) is 0. The minimum absolute atomic E-state index is 0. The summed E-state index contributed by atoms with van der Waals surface area (Å²) in [5.41, 5.74) is 0. The lowest BCUT2D eigenvalue weighted by atomic mass is 11.4. The van der Waals surface area contributed by atoms with E-state index in [2.05, 4.69) is 20.6 Å². The van der Waals surface area contributed by atoms with Crippen molar-refractivity contribution in [2.24, 2.45) is 0 Å². The molecule has 28 valence electrons. The van der Waals surface area contributed by atoms with E-state index in [-0.39, 0.29) is 1.43 Å². The first-order valence-corrected chi connectivity index (χ1v) is 1.16. The third-order valence-corrected chi connectivity index (χ3v) is 0.270. The van der Waals surface area contributed by atoms with Gasteiger partial charge in [-0.15, -0.1) is 10.2 Å². The predicted octanol–water partition coefficient (Wildman–Crippen LogP) is -0.554. The first-order valence-electron chi connectivity index (χ1n) is 1.16. The number of tetrazole rings is 1. The van der Waals surface area contributed by atoms with Gasteiger partial charge in [-0.2, -0.15) is 5.21 Å². The van der Waals surface area contributed by atoms with Gasteiger partial charge in [0.25, 0.3) is 0 Å². The van der Waals surface area contributed by atoms with Crippen molar-refractivity contribution in [3.8, 4) is 0 Å². The van der Waals surface area contributed by atoms with Crippen molar-refractivity contribution in [1.29, 1.82) is 0 Å². The van der Waals surface area contributed by atoms with E-state index in [0.29, 0.717) is 0 Å². The summed E-state index contributed by atoms with van der Waals surface area (Å²) < 4.78 is 0. The van der Waals surface area contributed by atoms with Crippen LogP contribution in [-0.4, -0.2) is 20.6 Å². The van der Waals surface area contributed by atoms with Gasteiger partial charge in [0.2, 0.25) is 0 Å². The van der Waals surface area contributed by atoms with Crippen LogP contribution in [-0.2, 0) is 0 Å². The summed E-state index contributed by atoms with van der Waals surface area (Å²) in [5, 5.41) is 12.2. The Bertz CT molecular complexity index is 64.0. The van der Waals surface area contributed by atoms with E-state index in [4.69, 9.17) is 0 Å². The fraction of sp³-hybridized carbons (Fsp3) is 0. The summed E-state index contributed by atoms with van der Waals surface area (Å²) in [7, 11) is 0. The molecule has 5 heavy (non-hydrogen) atoms.